The summed E-state index contributed by atoms with van der Waals surface area (Å²) in [6, 6.07) is 19.1. The summed E-state index contributed by atoms with van der Waals surface area (Å²) in [5.74, 6) is 0.194. The highest BCUT2D eigenvalue weighted by atomic mass is 16.2. The molecule has 14 heteroatoms. The van der Waals surface area contributed by atoms with Crippen molar-refractivity contribution >= 4 is 40.1 Å². The number of pyridine rings is 2. The van der Waals surface area contributed by atoms with Gasteiger partial charge in [-0.05, 0) is 41.6 Å². The Morgan fingerprint density at radius 1 is 0.966 bits per heavy atom. The molecule has 0 saturated carbocycles. The summed E-state index contributed by atoms with van der Waals surface area (Å²) in [7, 11) is 1.86. The van der Waals surface area contributed by atoms with E-state index >= 15 is 0 Å². The predicted octanol–water partition coefficient (Wildman–Crippen LogP) is 5.01. The molecule has 14 nitrogen and oxygen atoms in total. The van der Waals surface area contributed by atoms with E-state index in [4.69, 9.17) is 9.97 Å². The Labute approximate surface area is 334 Å². The van der Waals surface area contributed by atoms with E-state index in [1.807, 2.05) is 71.6 Å². The molecule has 1 unspecified atom stereocenters. The Hall–Kier alpha value is -6.96. The normalized spacial score (nSPS) is 16.4. The first-order chi connectivity index (χ1) is 28.1. The van der Waals surface area contributed by atoms with Gasteiger partial charge in [0, 0.05) is 92.2 Å². The van der Waals surface area contributed by atoms with Gasteiger partial charge in [-0.1, -0.05) is 49.9 Å². The second-order valence-electron chi connectivity index (χ2n) is 15.0. The molecule has 4 aromatic heterocycles. The molecule has 58 heavy (non-hydrogen) atoms. The van der Waals surface area contributed by atoms with Crippen LogP contribution in [0.15, 0.2) is 79.6 Å². The third kappa shape index (κ3) is 6.39. The molecule has 3 aliphatic rings. The number of nitrogens with zero attached hydrogens (tertiary/aromatic N) is 8. The van der Waals surface area contributed by atoms with Crippen molar-refractivity contribution in [3.63, 3.8) is 0 Å². The number of aryl methyl sites for hydroxylation is 2. The number of piperidine rings is 1. The van der Waals surface area contributed by atoms with Crippen LogP contribution in [0.3, 0.4) is 0 Å². The molecule has 6 aromatic rings. The van der Waals surface area contributed by atoms with Gasteiger partial charge in [-0.25, -0.2) is 4.98 Å². The quantitative estimate of drug-likeness (QED) is 0.203. The molecular formula is C44H42N10O4. The first kappa shape index (κ1) is 36.7. The average molecular weight is 775 g/mol. The molecule has 3 aliphatic heterocycles. The number of benzene rings is 2. The van der Waals surface area contributed by atoms with E-state index < -0.39 is 6.04 Å². The highest BCUT2D eigenvalue weighted by Crippen LogP contribution is 2.40. The van der Waals surface area contributed by atoms with Crippen LogP contribution in [0.2, 0.25) is 0 Å². The number of imide groups is 1. The van der Waals surface area contributed by atoms with Gasteiger partial charge in [0.15, 0.2) is 0 Å². The monoisotopic (exact) mass is 774 g/mol. The average Bonchev–Trinajstić information content (AvgIpc) is 3.91. The number of imidazole rings is 1. The minimum Gasteiger partial charge on any atom is -0.355 e. The molecule has 2 aromatic carbocycles. The molecule has 7 heterocycles. The zero-order valence-electron chi connectivity index (χ0n) is 32.6. The van der Waals surface area contributed by atoms with Gasteiger partial charge in [0.05, 0.1) is 41.6 Å². The summed E-state index contributed by atoms with van der Waals surface area (Å²) < 4.78 is 4.04. The van der Waals surface area contributed by atoms with E-state index in [2.05, 4.69) is 44.9 Å². The lowest BCUT2D eigenvalue weighted by atomic mass is 10.00. The van der Waals surface area contributed by atoms with Crippen molar-refractivity contribution in [1.29, 1.82) is 0 Å². The Bertz CT molecular complexity index is 2690. The number of carbonyl (C=O) groups excluding carboxylic acids is 4. The van der Waals surface area contributed by atoms with Gasteiger partial charge in [-0.2, -0.15) is 5.10 Å². The van der Waals surface area contributed by atoms with Gasteiger partial charge in [-0.15, -0.1) is 0 Å². The molecule has 9 rings (SSSR count). The number of amides is 4. The van der Waals surface area contributed by atoms with Crippen LogP contribution in [0.4, 0.5) is 0 Å². The van der Waals surface area contributed by atoms with Crippen LogP contribution in [-0.4, -0.2) is 75.3 Å². The van der Waals surface area contributed by atoms with E-state index in [0.717, 1.165) is 85.9 Å². The molecule has 2 N–H and O–H groups in total. The van der Waals surface area contributed by atoms with Crippen LogP contribution in [0.5, 0.6) is 0 Å². The van der Waals surface area contributed by atoms with Crippen molar-refractivity contribution in [2.45, 2.75) is 65.3 Å². The first-order valence-electron chi connectivity index (χ1n) is 19.5. The van der Waals surface area contributed by atoms with E-state index in [1.165, 1.54) is 0 Å². The number of carbonyl (C=O) groups is 4. The Morgan fingerprint density at radius 3 is 2.55 bits per heavy atom. The lowest BCUT2D eigenvalue weighted by molar-refractivity contribution is -0.136. The lowest BCUT2D eigenvalue weighted by Crippen LogP contribution is -2.50. The van der Waals surface area contributed by atoms with Crippen LogP contribution in [0.1, 0.15) is 65.5 Å². The van der Waals surface area contributed by atoms with Crippen molar-refractivity contribution in [3.8, 4) is 33.8 Å². The third-order valence-electron chi connectivity index (χ3n) is 11.5. The topological polar surface area (TPSA) is 160 Å². The zero-order chi connectivity index (χ0) is 40.2. The zero-order valence-corrected chi connectivity index (χ0v) is 32.6. The third-order valence-corrected chi connectivity index (χ3v) is 11.5. The number of hydrogen-bond acceptors (Lipinski definition) is 9. The summed E-state index contributed by atoms with van der Waals surface area (Å²) in [5.41, 5.74) is 9.93. The molecule has 4 amide bonds. The Balaban J connectivity index is 0.889. The largest absolute Gasteiger partial charge is 0.355 e. The lowest BCUT2D eigenvalue weighted by Gasteiger charge is -2.31. The second-order valence-corrected chi connectivity index (χ2v) is 15.0. The predicted molar refractivity (Wildman–Crippen MR) is 217 cm³/mol. The number of rotatable bonds is 8. The van der Waals surface area contributed by atoms with E-state index in [-0.39, 0.29) is 35.9 Å². The minimum absolute atomic E-state index is 0.0577. The molecule has 0 aliphatic carbocycles. The van der Waals surface area contributed by atoms with Crippen LogP contribution in [0, 0.1) is 0 Å². The number of nitrogens with one attached hydrogen (secondary N) is 2. The summed E-state index contributed by atoms with van der Waals surface area (Å²) in [6.45, 7) is 10.6. The second kappa shape index (κ2) is 14.5. The molecule has 292 valence electrons. The Kier molecular flexibility index (Phi) is 9.18. The fraction of sp³-hybridized carbons (Fsp3) is 0.273. The van der Waals surface area contributed by atoms with Crippen molar-refractivity contribution in [3.05, 3.63) is 114 Å². The van der Waals surface area contributed by atoms with Crippen LogP contribution >= 0.6 is 0 Å². The summed E-state index contributed by atoms with van der Waals surface area (Å²) in [4.78, 5) is 68.1. The first-order valence-corrected chi connectivity index (χ1v) is 19.5. The van der Waals surface area contributed by atoms with Gasteiger partial charge in [0.2, 0.25) is 17.7 Å². The maximum atomic E-state index is 13.3. The van der Waals surface area contributed by atoms with Crippen molar-refractivity contribution < 1.29 is 19.2 Å². The van der Waals surface area contributed by atoms with Crippen LogP contribution < -0.4 is 10.6 Å². The fourth-order valence-electron chi connectivity index (χ4n) is 8.50. The molecule has 1 atom stereocenters. The van der Waals surface area contributed by atoms with Crippen LogP contribution in [0.25, 0.3) is 50.2 Å². The van der Waals surface area contributed by atoms with Gasteiger partial charge in [0.25, 0.3) is 5.91 Å². The molecule has 0 bridgehead atoms. The van der Waals surface area contributed by atoms with Gasteiger partial charge in [-0.3, -0.25) is 39.1 Å². The highest BCUT2D eigenvalue weighted by Gasteiger charge is 2.37. The van der Waals surface area contributed by atoms with Crippen molar-refractivity contribution in [2.24, 2.45) is 7.05 Å². The summed E-state index contributed by atoms with van der Waals surface area (Å²) in [6.07, 6.45) is 5.06. The van der Waals surface area contributed by atoms with Gasteiger partial charge < -0.3 is 19.7 Å². The molecule has 0 radical (unpaired) electrons. The maximum Gasteiger partial charge on any atom is 0.270 e. The van der Waals surface area contributed by atoms with E-state index in [0.29, 0.717) is 38.2 Å². The van der Waals surface area contributed by atoms with Crippen LogP contribution in [-0.2, 0) is 54.0 Å². The van der Waals surface area contributed by atoms with Crippen molar-refractivity contribution in [2.75, 3.05) is 6.54 Å². The van der Waals surface area contributed by atoms with Gasteiger partial charge >= 0.3 is 0 Å². The standard InChI is InChI=1S/C44H42N10O4/c1-5-40-48-42(39-24-52(26(3)55)16-17-53(39)40)32-11-6-8-27-18-36(46-22-33(27)32)28-12-13-35(45-20-28)43(57)47-21-29-19-38(51(4)50-29)31-10-7-9-30-25(2)54(23-34(30)31)37-14-15-41(56)49-44(37)58/h6-13,18-20,22,37H,2,5,14-17,21,23-24H2,1,3-4H3,(H,47,57)(H,49,56,58). The van der Waals surface area contributed by atoms with Gasteiger partial charge in [0.1, 0.15) is 17.6 Å². The molecular weight excluding hydrogens is 733 g/mol. The maximum absolute atomic E-state index is 13.3. The van der Waals surface area contributed by atoms with E-state index in [1.54, 1.807) is 23.9 Å². The highest BCUT2D eigenvalue weighted by molar-refractivity contribution is 6.01. The summed E-state index contributed by atoms with van der Waals surface area (Å²) >= 11 is 0. The fourth-order valence-corrected chi connectivity index (χ4v) is 8.50. The minimum atomic E-state index is -0.460. The smallest absolute Gasteiger partial charge is 0.270 e. The number of fused-ring (bicyclic) bond motifs is 3. The summed E-state index contributed by atoms with van der Waals surface area (Å²) in [5, 5.41) is 12.0. The molecule has 1 fully saturated rings. The Morgan fingerprint density at radius 2 is 1.78 bits per heavy atom. The number of hydrogen-bond donors (Lipinski definition) is 2. The van der Waals surface area contributed by atoms with Crippen molar-refractivity contribution in [1.82, 2.24) is 49.7 Å². The number of aromatic nitrogens is 6. The molecule has 0 spiro atoms. The van der Waals surface area contributed by atoms with E-state index in [9.17, 15) is 19.2 Å². The molecule has 1 saturated heterocycles. The SMILES string of the molecule is C=C1c2cccc(-c3cc(CNC(=O)c4ccc(-c5cc6cccc(-c7nc(CC)n8c7CN(C(C)=O)CC8)c6cn5)cn4)nn3C)c2CN1C1CCC(=O)NC1=O.